The van der Waals surface area contributed by atoms with Crippen LogP contribution < -0.4 is 5.32 Å². The first kappa shape index (κ1) is 21.1. The summed E-state index contributed by atoms with van der Waals surface area (Å²) in [6.45, 7) is 1.88. The smallest absolute Gasteiger partial charge is 0.290 e. The molecule has 4 rings (SSSR count). The number of likely N-dealkylation sites (N-methyl/N-ethyl adjacent to an activating group) is 1. The first-order valence-electron chi connectivity index (χ1n) is 9.67. The molecule has 0 bridgehead atoms. The number of hydrogen-bond donors (Lipinski definition) is 1. The maximum absolute atomic E-state index is 13.2. The number of thiazole rings is 1. The SMILES string of the molecule is Cc1csc(SCc2c(C(=O)N(C)CC(=O)Nc3ccccc3)oc3ccccc23)n1. The maximum Gasteiger partial charge on any atom is 0.290 e. The highest BCUT2D eigenvalue weighted by molar-refractivity contribution is 8.00. The molecule has 2 heterocycles. The number of carbonyl (C=O) groups is 2. The monoisotopic (exact) mass is 451 g/mol. The van der Waals surface area contributed by atoms with Crippen molar-refractivity contribution in [3.8, 4) is 0 Å². The largest absolute Gasteiger partial charge is 0.451 e. The molecule has 2 aromatic heterocycles. The van der Waals surface area contributed by atoms with Crippen molar-refractivity contribution in [2.75, 3.05) is 18.9 Å². The molecule has 0 aliphatic heterocycles. The number of nitrogens with zero attached hydrogens (tertiary/aromatic N) is 2. The number of aromatic nitrogens is 1. The van der Waals surface area contributed by atoms with Crippen molar-refractivity contribution in [1.82, 2.24) is 9.88 Å². The predicted molar refractivity (Wildman–Crippen MR) is 125 cm³/mol. The van der Waals surface area contributed by atoms with Gasteiger partial charge in [-0.2, -0.15) is 0 Å². The van der Waals surface area contributed by atoms with Gasteiger partial charge in [0, 0.05) is 40.5 Å². The molecule has 1 N–H and O–H groups in total. The zero-order valence-electron chi connectivity index (χ0n) is 17.1. The number of thioether (sulfide) groups is 1. The van der Waals surface area contributed by atoms with Crippen LogP contribution in [0, 0.1) is 6.92 Å². The molecular weight excluding hydrogens is 430 g/mol. The fraction of sp³-hybridized carbons (Fsp3) is 0.174. The van der Waals surface area contributed by atoms with Crippen LogP contribution in [0.2, 0.25) is 0 Å². The van der Waals surface area contributed by atoms with Crippen LogP contribution in [0.1, 0.15) is 21.8 Å². The normalized spacial score (nSPS) is 10.9. The molecule has 2 amide bonds. The lowest BCUT2D eigenvalue weighted by Gasteiger charge is -2.16. The van der Waals surface area contributed by atoms with E-state index in [9.17, 15) is 9.59 Å². The topological polar surface area (TPSA) is 75.4 Å². The lowest BCUT2D eigenvalue weighted by Crippen LogP contribution is -2.35. The lowest BCUT2D eigenvalue weighted by atomic mass is 10.1. The number of para-hydroxylation sites is 2. The number of benzene rings is 2. The molecule has 2 aromatic carbocycles. The van der Waals surface area contributed by atoms with Gasteiger partial charge in [0.1, 0.15) is 9.92 Å². The minimum Gasteiger partial charge on any atom is -0.451 e. The first-order valence-corrected chi connectivity index (χ1v) is 11.5. The fourth-order valence-corrected chi connectivity index (χ4v) is 5.01. The quantitative estimate of drug-likeness (QED) is 0.391. The van der Waals surface area contributed by atoms with Gasteiger partial charge in [0.25, 0.3) is 5.91 Å². The Morgan fingerprint density at radius 3 is 2.61 bits per heavy atom. The van der Waals surface area contributed by atoms with Crippen molar-refractivity contribution in [2.24, 2.45) is 0 Å². The van der Waals surface area contributed by atoms with Crippen LogP contribution in [0.5, 0.6) is 0 Å². The lowest BCUT2D eigenvalue weighted by molar-refractivity contribution is -0.116. The summed E-state index contributed by atoms with van der Waals surface area (Å²) in [5.74, 6) is 0.212. The van der Waals surface area contributed by atoms with E-state index in [4.69, 9.17) is 4.42 Å². The third-order valence-electron chi connectivity index (χ3n) is 4.62. The second-order valence-electron chi connectivity index (χ2n) is 7.02. The summed E-state index contributed by atoms with van der Waals surface area (Å²) in [6, 6.07) is 16.7. The van der Waals surface area contributed by atoms with Crippen LogP contribution >= 0.6 is 23.1 Å². The maximum atomic E-state index is 13.2. The summed E-state index contributed by atoms with van der Waals surface area (Å²) >= 11 is 3.15. The van der Waals surface area contributed by atoms with Gasteiger partial charge in [0.15, 0.2) is 5.76 Å². The average Bonchev–Trinajstić information content (AvgIpc) is 3.35. The second-order valence-corrected chi connectivity index (χ2v) is 9.11. The highest BCUT2D eigenvalue weighted by atomic mass is 32.2. The minimum atomic E-state index is -0.328. The van der Waals surface area contributed by atoms with Crippen molar-refractivity contribution >= 4 is 51.6 Å². The zero-order chi connectivity index (χ0) is 21.8. The Bertz CT molecular complexity index is 1220. The van der Waals surface area contributed by atoms with Crippen LogP contribution in [0.25, 0.3) is 11.0 Å². The van der Waals surface area contributed by atoms with Gasteiger partial charge in [0.05, 0.1) is 6.54 Å². The molecule has 0 unspecified atom stereocenters. The van der Waals surface area contributed by atoms with Crippen molar-refractivity contribution in [2.45, 2.75) is 17.0 Å². The summed E-state index contributed by atoms with van der Waals surface area (Å²) in [4.78, 5) is 31.4. The van der Waals surface area contributed by atoms with Crippen molar-refractivity contribution < 1.29 is 14.0 Å². The highest BCUT2D eigenvalue weighted by Crippen LogP contribution is 2.33. The summed E-state index contributed by atoms with van der Waals surface area (Å²) in [6.07, 6.45) is 0. The van der Waals surface area contributed by atoms with E-state index in [0.29, 0.717) is 17.0 Å². The Kier molecular flexibility index (Phi) is 6.39. The number of carbonyl (C=O) groups excluding carboxylic acids is 2. The predicted octanol–water partition coefficient (Wildman–Crippen LogP) is 5.20. The molecule has 0 aliphatic rings. The summed E-state index contributed by atoms with van der Waals surface area (Å²) in [5.41, 5.74) is 3.13. The Labute approximate surface area is 188 Å². The van der Waals surface area contributed by atoms with Crippen LogP contribution in [0.15, 0.2) is 68.7 Å². The number of aryl methyl sites for hydroxylation is 1. The molecule has 0 fully saturated rings. The van der Waals surface area contributed by atoms with Crippen LogP contribution in [0.4, 0.5) is 5.69 Å². The Balaban J connectivity index is 1.52. The van der Waals surface area contributed by atoms with E-state index in [2.05, 4.69) is 10.3 Å². The van der Waals surface area contributed by atoms with Gasteiger partial charge >= 0.3 is 0 Å². The van der Waals surface area contributed by atoms with E-state index in [1.54, 1.807) is 42.3 Å². The summed E-state index contributed by atoms with van der Waals surface area (Å²) in [5, 5.41) is 5.69. The van der Waals surface area contributed by atoms with Crippen LogP contribution in [0.3, 0.4) is 0 Å². The van der Waals surface area contributed by atoms with Crippen LogP contribution in [-0.4, -0.2) is 35.3 Å². The highest BCUT2D eigenvalue weighted by Gasteiger charge is 2.25. The number of anilines is 1. The molecule has 0 atom stereocenters. The number of nitrogens with one attached hydrogen (secondary N) is 1. The zero-order valence-corrected chi connectivity index (χ0v) is 18.8. The molecule has 0 saturated carbocycles. The molecule has 31 heavy (non-hydrogen) atoms. The third kappa shape index (κ3) is 4.98. The third-order valence-corrected chi connectivity index (χ3v) is 6.78. The Morgan fingerprint density at radius 1 is 1.13 bits per heavy atom. The fourth-order valence-electron chi connectivity index (χ4n) is 3.13. The number of amides is 2. The molecule has 0 spiro atoms. The molecule has 6 nitrogen and oxygen atoms in total. The van der Waals surface area contributed by atoms with E-state index >= 15 is 0 Å². The minimum absolute atomic E-state index is 0.0803. The van der Waals surface area contributed by atoms with Crippen LogP contribution in [-0.2, 0) is 10.5 Å². The Morgan fingerprint density at radius 2 is 1.87 bits per heavy atom. The van der Waals surface area contributed by atoms with Gasteiger partial charge in [-0.05, 0) is 25.1 Å². The van der Waals surface area contributed by atoms with Gasteiger partial charge < -0.3 is 14.6 Å². The first-order chi connectivity index (χ1) is 15.0. The van der Waals surface area contributed by atoms with E-state index in [0.717, 1.165) is 21.0 Å². The Hall–Kier alpha value is -3.10. The van der Waals surface area contributed by atoms with Gasteiger partial charge in [-0.15, -0.1) is 11.3 Å². The number of hydrogen-bond acceptors (Lipinski definition) is 6. The number of furan rings is 1. The standard InChI is InChI=1S/C23H21N3O3S2/c1-15-13-30-23(24-15)31-14-18-17-10-6-7-11-19(17)29-21(18)22(28)26(2)12-20(27)25-16-8-4-3-5-9-16/h3-11,13H,12,14H2,1-2H3,(H,25,27). The second kappa shape index (κ2) is 9.36. The van der Waals surface area contributed by atoms with E-state index in [-0.39, 0.29) is 24.1 Å². The average molecular weight is 452 g/mol. The van der Waals surface area contributed by atoms with Gasteiger partial charge in [-0.25, -0.2) is 4.98 Å². The van der Waals surface area contributed by atoms with Gasteiger partial charge in [0.2, 0.25) is 5.91 Å². The summed E-state index contributed by atoms with van der Waals surface area (Å²) in [7, 11) is 1.60. The summed E-state index contributed by atoms with van der Waals surface area (Å²) < 4.78 is 6.86. The van der Waals surface area contributed by atoms with E-state index in [1.807, 2.05) is 54.8 Å². The molecule has 0 aliphatic carbocycles. The van der Waals surface area contributed by atoms with Crippen molar-refractivity contribution in [1.29, 1.82) is 0 Å². The molecule has 8 heteroatoms. The van der Waals surface area contributed by atoms with Crippen molar-refractivity contribution in [3.05, 3.63) is 77.0 Å². The van der Waals surface area contributed by atoms with E-state index in [1.165, 1.54) is 4.90 Å². The van der Waals surface area contributed by atoms with E-state index < -0.39 is 0 Å². The molecule has 0 radical (unpaired) electrons. The molecule has 158 valence electrons. The molecule has 4 aromatic rings. The molecule has 0 saturated heterocycles. The number of fused-ring (bicyclic) bond motifs is 1. The van der Waals surface area contributed by atoms with Gasteiger partial charge in [-0.3, -0.25) is 9.59 Å². The number of rotatable bonds is 7. The molecular formula is C23H21N3O3S2. The van der Waals surface area contributed by atoms with Gasteiger partial charge in [-0.1, -0.05) is 48.2 Å². The van der Waals surface area contributed by atoms with Crippen molar-refractivity contribution in [3.63, 3.8) is 0 Å².